The molecule has 6 heteroatoms. The number of ether oxygens (including phenoxy) is 2. The van der Waals surface area contributed by atoms with E-state index in [-0.39, 0.29) is 24.6 Å². The number of hydrogen-bond donors (Lipinski definition) is 3. The molecule has 3 unspecified atom stereocenters. The topological polar surface area (TPSA) is 62.8 Å². The zero-order valence-corrected chi connectivity index (χ0v) is 14.2. The molecule has 5 nitrogen and oxygen atoms in total. The lowest BCUT2D eigenvalue weighted by atomic mass is 10.1. The van der Waals surface area contributed by atoms with Crippen LogP contribution in [0.2, 0.25) is 0 Å². The van der Waals surface area contributed by atoms with Crippen molar-refractivity contribution in [3.8, 4) is 5.75 Å². The molecule has 2 saturated heterocycles. The number of β-amino-alcohol motifs (C(OH)–C–C–N with tert-alkyl or cyclic N) is 1. The number of aliphatic hydroxyl groups excluding tert-OH is 1. The van der Waals surface area contributed by atoms with Crippen LogP contribution < -0.4 is 15.4 Å². The van der Waals surface area contributed by atoms with E-state index in [1.807, 2.05) is 12.1 Å². The van der Waals surface area contributed by atoms with E-state index >= 15 is 0 Å². The van der Waals surface area contributed by atoms with E-state index in [9.17, 15) is 5.11 Å². The van der Waals surface area contributed by atoms with E-state index in [0.717, 1.165) is 44.8 Å². The summed E-state index contributed by atoms with van der Waals surface area (Å²) in [4.78, 5) is 0. The second-order valence-corrected chi connectivity index (χ2v) is 6.21. The largest absolute Gasteiger partial charge is 0.491 e. The van der Waals surface area contributed by atoms with Gasteiger partial charge in [-0.3, -0.25) is 0 Å². The second kappa shape index (κ2) is 9.45. The molecule has 2 aliphatic rings. The highest BCUT2D eigenvalue weighted by molar-refractivity contribution is 5.85. The van der Waals surface area contributed by atoms with Crippen molar-refractivity contribution in [1.29, 1.82) is 0 Å². The minimum Gasteiger partial charge on any atom is -0.491 e. The zero-order valence-electron chi connectivity index (χ0n) is 13.4. The second-order valence-electron chi connectivity index (χ2n) is 6.21. The molecule has 0 aromatic heterocycles. The third-order valence-electron chi connectivity index (χ3n) is 4.42. The van der Waals surface area contributed by atoms with Gasteiger partial charge in [0.15, 0.2) is 0 Å². The molecule has 0 bridgehead atoms. The van der Waals surface area contributed by atoms with Gasteiger partial charge >= 0.3 is 0 Å². The molecule has 3 rings (SSSR count). The highest BCUT2D eigenvalue weighted by Gasteiger charge is 2.23. The summed E-state index contributed by atoms with van der Waals surface area (Å²) in [6.45, 7) is 4.77. The summed E-state index contributed by atoms with van der Waals surface area (Å²) >= 11 is 0. The van der Waals surface area contributed by atoms with Crippen LogP contribution in [0.15, 0.2) is 24.3 Å². The van der Waals surface area contributed by atoms with Crippen molar-refractivity contribution < 1.29 is 14.6 Å². The van der Waals surface area contributed by atoms with Crippen LogP contribution in [-0.2, 0) is 11.3 Å². The first-order valence-corrected chi connectivity index (χ1v) is 8.24. The Kier molecular flexibility index (Phi) is 7.59. The Morgan fingerprint density at radius 1 is 1.26 bits per heavy atom. The first kappa shape index (κ1) is 18.5. The van der Waals surface area contributed by atoms with Crippen LogP contribution in [0, 0.1) is 5.92 Å². The van der Waals surface area contributed by atoms with E-state index in [1.54, 1.807) is 0 Å². The summed E-state index contributed by atoms with van der Waals surface area (Å²) in [6, 6.07) is 8.19. The number of rotatable bonds is 7. The Morgan fingerprint density at radius 2 is 2.09 bits per heavy atom. The number of aliphatic hydroxyl groups is 1. The average Bonchev–Trinajstić information content (AvgIpc) is 3.19. The van der Waals surface area contributed by atoms with Crippen LogP contribution in [0.3, 0.4) is 0 Å². The van der Waals surface area contributed by atoms with Crippen molar-refractivity contribution in [2.75, 3.05) is 32.8 Å². The highest BCUT2D eigenvalue weighted by Crippen LogP contribution is 2.16. The van der Waals surface area contributed by atoms with Gasteiger partial charge in [-0.15, -0.1) is 12.4 Å². The van der Waals surface area contributed by atoms with E-state index in [2.05, 4.69) is 22.8 Å². The van der Waals surface area contributed by atoms with Crippen molar-refractivity contribution in [3.05, 3.63) is 29.8 Å². The lowest BCUT2D eigenvalue weighted by molar-refractivity contribution is 0.0679. The summed E-state index contributed by atoms with van der Waals surface area (Å²) in [5.74, 6) is 1.21. The fourth-order valence-corrected chi connectivity index (χ4v) is 3.00. The summed E-state index contributed by atoms with van der Waals surface area (Å²) in [5, 5.41) is 16.4. The zero-order chi connectivity index (χ0) is 15.2. The molecular weight excluding hydrogens is 316 g/mol. The van der Waals surface area contributed by atoms with Gasteiger partial charge in [0.2, 0.25) is 0 Å². The van der Waals surface area contributed by atoms with E-state index in [4.69, 9.17) is 9.47 Å². The smallest absolute Gasteiger partial charge is 0.119 e. The number of hydrogen-bond acceptors (Lipinski definition) is 5. The predicted molar refractivity (Wildman–Crippen MR) is 92.2 cm³/mol. The Labute approximate surface area is 144 Å². The van der Waals surface area contributed by atoms with Crippen molar-refractivity contribution in [2.24, 2.45) is 5.92 Å². The van der Waals surface area contributed by atoms with Gasteiger partial charge in [-0.2, -0.15) is 0 Å². The molecule has 2 aliphatic heterocycles. The Balaban J connectivity index is 0.00000192. The molecular formula is C17H27ClN2O3. The SMILES string of the molecule is Cl.OC1CNCC1CNCc1ccc(OCC2CCCO2)cc1. The monoisotopic (exact) mass is 342 g/mol. The van der Waals surface area contributed by atoms with Crippen LogP contribution in [0.1, 0.15) is 18.4 Å². The third kappa shape index (κ3) is 5.62. The van der Waals surface area contributed by atoms with E-state index in [0.29, 0.717) is 19.1 Å². The maximum absolute atomic E-state index is 9.74. The van der Waals surface area contributed by atoms with Gasteiger partial charge in [0.25, 0.3) is 0 Å². The summed E-state index contributed by atoms with van der Waals surface area (Å²) in [7, 11) is 0. The van der Waals surface area contributed by atoms with Crippen molar-refractivity contribution in [3.63, 3.8) is 0 Å². The van der Waals surface area contributed by atoms with Crippen molar-refractivity contribution >= 4 is 12.4 Å². The van der Waals surface area contributed by atoms with E-state index < -0.39 is 0 Å². The fraction of sp³-hybridized carbons (Fsp3) is 0.647. The van der Waals surface area contributed by atoms with Gasteiger partial charge in [-0.25, -0.2) is 0 Å². The van der Waals surface area contributed by atoms with Gasteiger partial charge in [0, 0.05) is 38.7 Å². The molecule has 0 radical (unpaired) electrons. The molecule has 0 saturated carbocycles. The number of nitrogens with one attached hydrogen (secondary N) is 2. The van der Waals surface area contributed by atoms with Crippen LogP contribution in [-0.4, -0.2) is 50.2 Å². The standard InChI is InChI=1S/C17H26N2O3.ClH/c20-17-11-19-10-14(17)9-18-8-13-3-5-15(6-4-13)22-12-16-2-1-7-21-16;/h3-6,14,16-20H,1-2,7-12H2;1H. The van der Waals surface area contributed by atoms with E-state index in [1.165, 1.54) is 5.56 Å². The maximum Gasteiger partial charge on any atom is 0.119 e. The summed E-state index contributed by atoms with van der Waals surface area (Å²) in [6.07, 6.45) is 2.28. The first-order chi connectivity index (χ1) is 10.8. The Morgan fingerprint density at radius 3 is 2.74 bits per heavy atom. The molecule has 0 spiro atoms. The average molecular weight is 343 g/mol. The molecule has 3 atom stereocenters. The lowest BCUT2D eigenvalue weighted by Gasteiger charge is -2.14. The Bertz CT molecular complexity index is 452. The maximum atomic E-state index is 9.74. The molecule has 23 heavy (non-hydrogen) atoms. The van der Waals surface area contributed by atoms with Crippen LogP contribution in [0.5, 0.6) is 5.75 Å². The van der Waals surface area contributed by atoms with Crippen molar-refractivity contribution in [2.45, 2.75) is 31.6 Å². The van der Waals surface area contributed by atoms with Gasteiger partial charge in [-0.1, -0.05) is 12.1 Å². The van der Waals surface area contributed by atoms with Crippen LogP contribution in [0.25, 0.3) is 0 Å². The minimum atomic E-state index is -0.221. The number of benzene rings is 1. The molecule has 2 heterocycles. The minimum absolute atomic E-state index is 0. The molecule has 130 valence electrons. The van der Waals surface area contributed by atoms with Crippen LogP contribution in [0.4, 0.5) is 0 Å². The highest BCUT2D eigenvalue weighted by atomic mass is 35.5. The molecule has 1 aromatic rings. The number of halogens is 1. The molecule has 0 amide bonds. The van der Waals surface area contributed by atoms with Gasteiger partial charge in [0.05, 0.1) is 12.2 Å². The molecule has 3 N–H and O–H groups in total. The van der Waals surface area contributed by atoms with Gasteiger partial charge < -0.3 is 25.2 Å². The summed E-state index contributed by atoms with van der Waals surface area (Å²) in [5.41, 5.74) is 1.23. The molecule has 1 aromatic carbocycles. The Hall–Kier alpha value is -0.850. The lowest BCUT2D eigenvalue weighted by Crippen LogP contribution is -2.30. The van der Waals surface area contributed by atoms with Gasteiger partial charge in [0.1, 0.15) is 12.4 Å². The summed E-state index contributed by atoms with van der Waals surface area (Å²) < 4.78 is 11.3. The first-order valence-electron chi connectivity index (χ1n) is 8.24. The normalized spacial score (nSPS) is 26.9. The fourth-order valence-electron chi connectivity index (χ4n) is 3.00. The molecule has 0 aliphatic carbocycles. The molecule has 2 fully saturated rings. The predicted octanol–water partition coefficient (Wildman–Crippen LogP) is 1.34. The quantitative estimate of drug-likeness (QED) is 0.698. The third-order valence-corrected chi connectivity index (χ3v) is 4.42. The van der Waals surface area contributed by atoms with Crippen molar-refractivity contribution in [1.82, 2.24) is 10.6 Å². The van der Waals surface area contributed by atoms with Crippen LogP contribution >= 0.6 is 12.4 Å². The van der Waals surface area contributed by atoms with Gasteiger partial charge in [-0.05, 0) is 30.5 Å².